The first-order valence-corrected chi connectivity index (χ1v) is 5.60. The SMILES string of the molecule is NC(=NCc1ccc(F)cc1)Nc1ccccc1. The number of hydrogen-bond acceptors (Lipinski definition) is 1. The van der Waals surface area contributed by atoms with Crippen molar-refractivity contribution in [1.29, 1.82) is 0 Å². The van der Waals surface area contributed by atoms with Crippen LogP contribution in [0.1, 0.15) is 5.56 Å². The number of para-hydroxylation sites is 1. The van der Waals surface area contributed by atoms with Crippen molar-refractivity contribution in [2.45, 2.75) is 6.54 Å². The minimum atomic E-state index is -0.252. The molecule has 2 aromatic rings. The topological polar surface area (TPSA) is 50.4 Å². The molecule has 0 atom stereocenters. The summed E-state index contributed by atoms with van der Waals surface area (Å²) in [7, 11) is 0. The van der Waals surface area contributed by atoms with E-state index in [1.165, 1.54) is 12.1 Å². The van der Waals surface area contributed by atoms with Crippen molar-refractivity contribution in [3.8, 4) is 0 Å². The van der Waals surface area contributed by atoms with Crippen LogP contribution in [0.15, 0.2) is 59.6 Å². The van der Waals surface area contributed by atoms with E-state index in [2.05, 4.69) is 10.3 Å². The highest BCUT2D eigenvalue weighted by Crippen LogP contribution is 2.06. The van der Waals surface area contributed by atoms with E-state index in [-0.39, 0.29) is 5.82 Å². The zero-order chi connectivity index (χ0) is 12.8. The molecular weight excluding hydrogens is 229 g/mol. The molecule has 0 heterocycles. The molecule has 0 unspecified atom stereocenters. The predicted octanol–water partition coefficient (Wildman–Crippen LogP) is 2.75. The first kappa shape index (κ1) is 12.1. The number of aliphatic imine (C=N–C) groups is 1. The van der Waals surface area contributed by atoms with Crippen molar-refractivity contribution in [2.75, 3.05) is 5.32 Å². The van der Waals surface area contributed by atoms with Crippen LogP contribution in [0.4, 0.5) is 10.1 Å². The second-order valence-corrected chi connectivity index (χ2v) is 3.82. The summed E-state index contributed by atoms with van der Waals surface area (Å²) in [6, 6.07) is 15.8. The molecule has 0 aliphatic rings. The summed E-state index contributed by atoms with van der Waals surface area (Å²) < 4.78 is 12.7. The largest absolute Gasteiger partial charge is 0.370 e. The second kappa shape index (κ2) is 5.82. The summed E-state index contributed by atoms with van der Waals surface area (Å²) in [5.74, 6) is 0.0867. The standard InChI is InChI=1S/C14H14FN3/c15-12-8-6-11(7-9-12)10-17-14(16)18-13-4-2-1-3-5-13/h1-9H,10H2,(H3,16,17,18). The monoisotopic (exact) mass is 243 g/mol. The minimum absolute atomic E-state index is 0.252. The fourth-order valence-electron chi connectivity index (χ4n) is 1.48. The predicted molar refractivity (Wildman–Crippen MR) is 71.8 cm³/mol. The Labute approximate surface area is 105 Å². The van der Waals surface area contributed by atoms with Gasteiger partial charge in [0.15, 0.2) is 5.96 Å². The molecule has 0 fully saturated rings. The molecule has 3 nitrogen and oxygen atoms in total. The molecule has 18 heavy (non-hydrogen) atoms. The van der Waals surface area contributed by atoms with Crippen molar-refractivity contribution in [1.82, 2.24) is 0 Å². The fraction of sp³-hybridized carbons (Fsp3) is 0.0714. The molecule has 0 radical (unpaired) electrons. The highest BCUT2D eigenvalue weighted by atomic mass is 19.1. The summed E-state index contributed by atoms with van der Waals surface area (Å²) in [4.78, 5) is 4.18. The van der Waals surface area contributed by atoms with Crippen LogP contribution in [0.5, 0.6) is 0 Å². The molecule has 2 aromatic carbocycles. The van der Waals surface area contributed by atoms with Crippen molar-refractivity contribution in [2.24, 2.45) is 10.7 Å². The van der Waals surface area contributed by atoms with Gasteiger partial charge in [0.1, 0.15) is 5.82 Å². The van der Waals surface area contributed by atoms with Crippen LogP contribution in [0.2, 0.25) is 0 Å². The fourth-order valence-corrected chi connectivity index (χ4v) is 1.48. The van der Waals surface area contributed by atoms with E-state index in [0.29, 0.717) is 12.5 Å². The third kappa shape index (κ3) is 3.59. The lowest BCUT2D eigenvalue weighted by Gasteiger charge is -2.05. The smallest absolute Gasteiger partial charge is 0.193 e. The summed E-state index contributed by atoms with van der Waals surface area (Å²) >= 11 is 0. The molecule has 0 spiro atoms. The molecular formula is C14H14FN3. The van der Waals surface area contributed by atoms with Crippen molar-refractivity contribution in [3.05, 3.63) is 66.0 Å². The van der Waals surface area contributed by atoms with Crippen LogP contribution >= 0.6 is 0 Å². The summed E-state index contributed by atoms with van der Waals surface area (Å²) in [6.45, 7) is 0.423. The Hall–Kier alpha value is -2.36. The number of benzene rings is 2. The molecule has 0 saturated heterocycles. The van der Waals surface area contributed by atoms with Gasteiger partial charge in [0.2, 0.25) is 0 Å². The highest BCUT2D eigenvalue weighted by Gasteiger charge is 1.95. The third-order valence-electron chi connectivity index (χ3n) is 2.39. The van der Waals surface area contributed by atoms with Gasteiger partial charge in [-0.05, 0) is 29.8 Å². The Bertz CT molecular complexity index is 520. The van der Waals surface area contributed by atoms with Gasteiger partial charge in [-0.2, -0.15) is 0 Å². The number of nitrogens with two attached hydrogens (primary N) is 1. The van der Waals surface area contributed by atoms with E-state index in [9.17, 15) is 4.39 Å². The average molecular weight is 243 g/mol. The second-order valence-electron chi connectivity index (χ2n) is 3.82. The molecule has 0 aliphatic heterocycles. The van der Waals surface area contributed by atoms with Crippen molar-refractivity contribution in [3.63, 3.8) is 0 Å². The van der Waals surface area contributed by atoms with Gasteiger partial charge in [0, 0.05) is 5.69 Å². The van der Waals surface area contributed by atoms with Crippen LogP contribution in [0.3, 0.4) is 0 Å². The molecule has 92 valence electrons. The lowest BCUT2D eigenvalue weighted by molar-refractivity contribution is 0.627. The molecule has 2 rings (SSSR count). The van der Waals surface area contributed by atoms with E-state index >= 15 is 0 Å². The number of nitrogens with one attached hydrogen (secondary N) is 1. The average Bonchev–Trinajstić information content (AvgIpc) is 2.39. The number of hydrogen-bond donors (Lipinski definition) is 2. The van der Waals surface area contributed by atoms with Crippen LogP contribution in [-0.4, -0.2) is 5.96 Å². The molecule has 0 aliphatic carbocycles. The van der Waals surface area contributed by atoms with E-state index in [0.717, 1.165) is 11.3 Å². The molecule has 0 amide bonds. The Balaban J connectivity index is 1.95. The Morgan fingerprint density at radius 3 is 2.39 bits per heavy atom. The van der Waals surface area contributed by atoms with Gasteiger partial charge in [-0.3, -0.25) is 0 Å². The zero-order valence-corrected chi connectivity index (χ0v) is 9.81. The quantitative estimate of drug-likeness (QED) is 0.643. The molecule has 0 aromatic heterocycles. The molecule has 0 bridgehead atoms. The molecule has 4 heteroatoms. The Morgan fingerprint density at radius 1 is 1.06 bits per heavy atom. The zero-order valence-electron chi connectivity index (χ0n) is 9.81. The normalized spacial score (nSPS) is 11.3. The van der Waals surface area contributed by atoms with E-state index < -0.39 is 0 Å². The van der Waals surface area contributed by atoms with Crippen LogP contribution in [0, 0.1) is 5.82 Å². The van der Waals surface area contributed by atoms with E-state index in [1.807, 2.05) is 30.3 Å². The first-order chi connectivity index (χ1) is 8.74. The number of nitrogens with zero attached hydrogens (tertiary/aromatic N) is 1. The van der Waals surface area contributed by atoms with Gasteiger partial charge in [0.25, 0.3) is 0 Å². The Morgan fingerprint density at radius 2 is 1.72 bits per heavy atom. The van der Waals surface area contributed by atoms with Gasteiger partial charge in [-0.1, -0.05) is 30.3 Å². The van der Waals surface area contributed by atoms with Crippen LogP contribution in [-0.2, 0) is 6.54 Å². The number of halogens is 1. The first-order valence-electron chi connectivity index (χ1n) is 5.60. The maximum Gasteiger partial charge on any atom is 0.193 e. The van der Waals surface area contributed by atoms with Gasteiger partial charge in [-0.25, -0.2) is 9.38 Å². The number of guanidine groups is 1. The third-order valence-corrected chi connectivity index (χ3v) is 2.39. The number of rotatable bonds is 3. The lowest BCUT2D eigenvalue weighted by Crippen LogP contribution is -2.22. The van der Waals surface area contributed by atoms with E-state index in [1.54, 1.807) is 12.1 Å². The van der Waals surface area contributed by atoms with Gasteiger partial charge in [-0.15, -0.1) is 0 Å². The van der Waals surface area contributed by atoms with Gasteiger partial charge >= 0.3 is 0 Å². The van der Waals surface area contributed by atoms with Gasteiger partial charge < -0.3 is 11.1 Å². The molecule has 3 N–H and O–H groups in total. The van der Waals surface area contributed by atoms with Crippen LogP contribution < -0.4 is 11.1 Å². The lowest BCUT2D eigenvalue weighted by atomic mass is 10.2. The van der Waals surface area contributed by atoms with Crippen molar-refractivity contribution >= 4 is 11.6 Å². The van der Waals surface area contributed by atoms with Crippen LogP contribution in [0.25, 0.3) is 0 Å². The summed E-state index contributed by atoms with van der Waals surface area (Å²) in [5.41, 5.74) is 7.55. The summed E-state index contributed by atoms with van der Waals surface area (Å²) in [5, 5.41) is 2.98. The number of anilines is 1. The Kier molecular flexibility index (Phi) is 3.91. The van der Waals surface area contributed by atoms with E-state index in [4.69, 9.17) is 5.73 Å². The highest BCUT2D eigenvalue weighted by molar-refractivity contribution is 5.92. The minimum Gasteiger partial charge on any atom is -0.370 e. The maximum absolute atomic E-state index is 12.7. The summed E-state index contributed by atoms with van der Waals surface area (Å²) in [6.07, 6.45) is 0. The van der Waals surface area contributed by atoms with Crippen molar-refractivity contribution < 1.29 is 4.39 Å². The maximum atomic E-state index is 12.7. The van der Waals surface area contributed by atoms with Gasteiger partial charge in [0.05, 0.1) is 6.54 Å². The molecule has 0 saturated carbocycles.